The Kier molecular flexibility index (Phi) is 6.42. The number of amides is 2. The second kappa shape index (κ2) is 9.33. The molecule has 222 valence electrons. The van der Waals surface area contributed by atoms with E-state index in [1.54, 1.807) is 5.57 Å². The average Bonchev–Trinajstić information content (AvgIpc) is 3.13. The van der Waals surface area contributed by atoms with Crippen LogP contribution < -0.4 is 5.32 Å². The number of hydrogen-bond acceptors (Lipinski definition) is 3. The summed E-state index contributed by atoms with van der Waals surface area (Å²) in [5, 5.41) is 26.2. The van der Waals surface area contributed by atoms with Crippen molar-refractivity contribution in [3.8, 4) is 0 Å². The number of nitrogens with one attached hydrogen (secondary N) is 1. The Labute approximate surface area is 242 Å². The highest BCUT2D eigenvalue weighted by Gasteiger charge is 2.63. The van der Waals surface area contributed by atoms with Crippen LogP contribution in [0.1, 0.15) is 111 Å². The zero-order valence-electron chi connectivity index (χ0n) is 25.6. The molecular weight excluding hydrogens is 496 g/mol. The van der Waals surface area contributed by atoms with Gasteiger partial charge < -0.3 is 20.4 Å². The molecule has 6 atom stereocenters. The van der Waals surface area contributed by atoms with Crippen molar-refractivity contribution in [2.75, 3.05) is 13.1 Å². The van der Waals surface area contributed by atoms with Crippen LogP contribution in [0.2, 0.25) is 0 Å². The summed E-state index contributed by atoms with van der Waals surface area (Å²) in [5.74, 6) is 3.45. The molecule has 40 heavy (non-hydrogen) atoms. The number of nitrogens with zero attached hydrogens (tertiary/aromatic N) is 1. The van der Waals surface area contributed by atoms with Crippen molar-refractivity contribution in [2.45, 2.75) is 129 Å². The topological polar surface area (TPSA) is 72.8 Å². The van der Waals surface area contributed by atoms with E-state index >= 15 is 0 Å². The predicted molar refractivity (Wildman–Crippen MR) is 158 cm³/mol. The molecule has 0 heterocycles. The Morgan fingerprint density at radius 1 is 0.950 bits per heavy atom. The van der Waals surface area contributed by atoms with Crippen LogP contribution in [-0.2, 0) is 0 Å². The van der Waals surface area contributed by atoms with Crippen LogP contribution in [0.4, 0.5) is 4.79 Å². The van der Waals surface area contributed by atoms with E-state index in [9.17, 15) is 15.0 Å². The molecule has 8 aliphatic rings. The molecule has 6 unspecified atom stereocenters. The molecule has 4 bridgehead atoms. The molecule has 7 fully saturated rings. The standard InChI is InChI=1S/C35H54N2O3/c1-22(2)36-31(39)37(20-34-17-23-13-24(18-34)15-25(14-23)19-34)21-35(40)12-9-30-28-6-5-26-16-27(38)7-10-32(26,3)29(28)8-11-33(30,35)4/h5-6,22-25,27,29-30,38,40H,7-21H2,1-4H3,(H,36,39). The summed E-state index contributed by atoms with van der Waals surface area (Å²) < 4.78 is 0. The molecule has 2 amide bonds. The summed E-state index contributed by atoms with van der Waals surface area (Å²) in [5.41, 5.74) is 2.29. The lowest BCUT2D eigenvalue weighted by molar-refractivity contribution is -0.110. The summed E-state index contributed by atoms with van der Waals surface area (Å²) in [4.78, 5) is 15.9. The molecule has 3 N–H and O–H groups in total. The smallest absolute Gasteiger partial charge is 0.317 e. The Bertz CT molecular complexity index is 1070. The SMILES string of the molecule is CC(C)NC(=O)N(CC12CC3CC(CC(C3)C1)C2)CC1(O)CCC2C3=CC=C4CC(O)CCC4(C)C3CCC21C. The number of aliphatic hydroxyl groups excluding tert-OH is 1. The first-order chi connectivity index (χ1) is 18.9. The average molecular weight is 551 g/mol. The Morgan fingerprint density at radius 3 is 2.25 bits per heavy atom. The van der Waals surface area contributed by atoms with Gasteiger partial charge in [0, 0.05) is 18.0 Å². The predicted octanol–water partition coefficient (Wildman–Crippen LogP) is 6.60. The molecule has 5 heteroatoms. The van der Waals surface area contributed by atoms with Gasteiger partial charge in [-0.05, 0) is 138 Å². The highest BCUT2D eigenvalue weighted by molar-refractivity contribution is 5.74. The van der Waals surface area contributed by atoms with Gasteiger partial charge in [-0.3, -0.25) is 0 Å². The molecular formula is C35H54N2O3. The van der Waals surface area contributed by atoms with Crippen LogP contribution in [0.15, 0.2) is 23.3 Å². The third-order valence-electron chi connectivity index (χ3n) is 13.7. The van der Waals surface area contributed by atoms with Gasteiger partial charge in [0.15, 0.2) is 0 Å². The molecule has 7 saturated carbocycles. The molecule has 0 aromatic rings. The number of urea groups is 1. The summed E-state index contributed by atoms with van der Waals surface area (Å²) in [6.07, 6.45) is 19.2. The van der Waals surface area contributed by atoms with E-state index in [-0.39, 0.29) is 34.4 Å². The first-order valence-corrected chi connectivity index (χ1v) is 16.8. The molecule has 0 aromatic carbocycles. The van der Waals surface area contributed by atoms with E-state index in [1.165, 1.54) is 44.1 Å². The van der Waals surface area contributed by atoms with E-state index in [4.69, 9.17) is 0 Å². The fourth-order valence-electron chi connectivity index (χ4n) is 12.1. The zero-order valence-corrected chi connectivity index (χ0v) is 25.6. The zero-order chi connectivity index (χ0) is 28.1. The number of fused-ring (bicyclic) bond motifs is 5. The maximum absolute atomic E-state index is 13.8. The lowest BCUT2D eigenvalue weighted by Crippen LogP contribution is -2.60. The lowest BCUT2D eigenvalue weighted by atomic mass is 9.49. The monoisotopic (exact) mass is 550 g/mol. The van der Waals surface area contributed by atoms with Gasteiger partial charge in [-0.2, -0.15) is 0 Å². The number of rotatable bonds is 5. The maximum Gasteiger partial charge on any atom is 0.317 e. The van der Waals surface area contributed by atoms with Crippen LogP contribution in [0.5, 0.6) is 0 Å². The van der Waals surface area contributed by atoms with Gasteiger partial charge in [-0.1, -0.05) is 37.1 Å². The molecule has 8 aliphatic carbocycles. The van der Waals surface area contributed by atoms with Crippen molar-refractivity contribution in [3.05, 3.63) is 23.3 Å². The van der Waals surface area contributed by atoms with Crippen molar-refractivity contribution in [1.82, 2.24) is 10.2 Å². The minimum atomic E-state index is -0.867. The van der Waals surface area contributed by atoms with Gasteiger partial charge in [-0.25, -0.2) is 4.79 Å². The number of allylic oxidation sites excluding steroid dienone is 3. The summed E-state index contributed by atoms with van der Waals surface area (Å²) in [6.45, 7) is 10.2. The quantitative estimate of drug-likeness (QED) is 0.361. The fourth-order valence-corrected chi connectivity index (χ4v) is 12.1. The van der Waals surface area contributed by atoms with Gasteiger partial charge in [0.25, 0.3) is 0 Å². The van der Waals surface area contributed by atoms with Gasteiger partial charge in [0.2, 0.25) is 0 Å². The minimum absolute atomic E-state index is 0.0256. The Morgan fingerprint density at radius 2 is 1.60 bits per heavy atom. The van der Waals surface area contributed by atoms with Gasteiger partial charge in [0.1, 0.15) is 0 Å². The summed E-state index contributed by atoms with van der Waals surface area (Å²) in [7, 11) is 0. The van der Waals surface area contributed by atoms with Gasteiger partial charge in [-0.15, -0.1) is 0 Å². The highest BCUT2D eigenvalue weighted by atomic mass is 16.3. The molecule has 0 spiro atoms. The van der Waals surface area contributed by atoms with E-state index in [0.717, 1.165) is 69.2 Å². The van der Waals surface area contributed by atoms with Crippen LogP contribution in [0.25, 0.3) is 0 Å². The number of carbonyl (C=O) groups excluding carboxylic acids is 1. The van der Waals surface area contributed by atoms with Crippen molar-refractivity contribution in [3.63, 3.8) is 0 Å². The lowest BCUT2D eigenvalue weighted by Gasteiger charge is -2.59. The number of aliphatic hydroxyl groups is 2. The van der Waals surface area contributed by atoms with E-state index in [2.05, 4.69) is 36.2 Å². The largest absolute Gasteiger partial charge is 0.393 e. The van der Waals surface area contributed by atoms with Crippen LogP contribution in [-0.4, -0.2) is 52.0 Å². The summed E-state index contributed by atoms with van der Waals surface area (Å²) >= 11 is 0. The first-order valence-electron chi connectivity index (χ1n) is 16.8. The fraction of sp³-hybridized carbons (Fsp3) is 0.857. The van der Waals surface area contributed by atoms with E-state index in [1.807, 2.05) is 13.8 Å². The minimum Gasteiger partial charge on any atom is -0.393 e. The van der Waals surface area contributed by atoms with Crippen molar-refractivity contribution < 1.29 is 15.0 Å². The maximum atomic E-state index is 13.8. The van der Waals surface area contributed by atoms with E-state index in [0.29, 0.717) is 18.4 Å². The summed E-state index contributed by atoms with van der Waals surface area (Å²) in [6, 6.07) is 0.115. The Balaban J connectivity index is 1.16. The third-order valence-corrected chi connectivity index (χ3v) is 13.7. The second-order valence-electron chi connectivity index (χ2n) is 16.7. The molecule has 0 radical (unpaired) electrons. The van der Waals surface area contributed by atoms with Crippen LogP contribution in [0.3, 0.4) is 0 Å². The van der Waals surface area contributed by atoms with Gasteiger partial charge >= 0.3 is 6.03 Å². The second-order valence-corrected chi connectivity index (χ2v) is 16.7. The third kappa shape index (κ3) is 4.18. The normalized spacial score (nSPS) is 48.7. The molecule has 0 aliphatic heterocycles. The highest BCUT2D eigenvalue weighted by Crippen LogP contribution is 2.66. The van der Waals surface area contributed by atoms with Crippen LogP contribution >= 0.6 is 0 Å². The van der Waals surface area contributed by atoms with Crippen molar-refractivity contribution >= 4 is 6.03 Å². The Hall–Kier alpha value is -1.33. The van der Waals surface area contributed by atoms with Crippen molar-refractivity contribution in [2.24, 2.45) is 45.8 Å². The molecule has 5 nitrogen and oxygen atoms in total. The van der Waals surface area contributed by atoms with Gasteiger partial charge in [0.05, 0.1) is 18.2 Å². The van der Waals surface area contributed by atoms with Crippen LogP contribution in [0, 0.1) is 45.8 Å². The van der Waals surface area contributed by atoms with E-state index < -0.39 is 5.60 Å². The number of hydrogen-bond donors (Lipinski definition) is 3. The molecule has 8 rings (SSSR count). The van der Waals surface area contributed by atoms with Crippen molar-refractivity contribution in [1.29, 1.82) is 0 Å². The molecule has 0 saturated heterocycles. The number of carbonyl (C=O) groups is 1. The first kappa shape index (κ1) is 27.5. The molecule has 0 aromatic heterocycles.